The number of alkyl halides is 1. The van der Waals surface area contributed by atoms with Gasteiger partial charge in [0.05, 0.1) is 0 Å². The highest BCUT2D eigenvalue weighted by molar-refractivity contribution is 6.26. The van der Waals surface area contributed by atoms with E-state index in [1.54, 1.807) is 0 Å². The van der Waals surface area contributed by atoms with Crippen molar-refractivity contribution in [1.82, 2.24) is 0 Å². The molecule has 0 aromatic carbocycles. The van der Waals surface area contributed by atoms with E-state index in [-0.39, 0.29) is 10.3 Å². The number of rotatable bonds is 0. The topological polar surface area (TPSA) is 0 Å². The maximum absolute atomic E-state index is 5.94. The molecule has 3 aliphatic rings. The zero-order valence-electron chi connectivity index (χ0n) is 4.58. The summed E-state index contributed by atoms with van der Waals surface area (Å²) in [5.74, 6) is 2.78. The van der Waals surface area contributed by atoms with E-state index >= 15 is 0 Å². The lowest BCUT2D eigenvalue weighted by Crippen LogP contribution is -2.62. The summed E-state index contributed by atoms with van der Waals surface area (Å²) in [5.41, 5.74) is 0.266. The Morgan fingerprint density at radius 2 is 1.88 bits per heavy atom. The maximum atomic E-state index is 5.94. The van der Waals surface area contributed by atoms with E-state index in [0.717, 1.165) is 19.3 Å². The molecule has 0 unspecified atom stereocenters. The van der Waals surface area contributed by atoms with Crippen molar-refractivity contribution in [2.75, 3.05) is 0 Å². The van der Waals surface area contributed by atoms with E-state index in [2.05, 4.69) is 5.92 Å². The zero-order valence-corrected chi connectivity index (χ0v) is 5.33. The minimum atomic E-state index is 0.159. The Hall–Kier alpha value is -0.150. The first-order valence-corrected chi connectivity index (χ1v) is 3.23. The van der Waals surface area contributed by atoms with Gasteiger partial charge in [0, 0.05) is 10.3 Å². The summed E-state index contributed by atoms with van der Waals surface area (Å²) in [7, 11) is 0. The van der Waals surface area contributed by atoms with Gasteiger partial charge in [-0.2, -0.15) is 0 Å². The van der Waals surface area contributed by atoms with Gasteiger partial charge >= 0.3 is 0 Å². The summed E-state index contributed by atoms with van der Waals surface area (Å²) in [6, 6.07) is 0. The molecular formula is C7H7Cl. The average Bonchev–Trinajstić information content (AvgIpc) is 1.55. The Morgan fingerprint density at radius 1 is 1.38 bits per heavy atom. The standard InChI is InChI=1S/C7H7Cl/c1-2-6-3-7(8,4-6)5-6/h1H,3-5H2. The molecule has 3 saturated carbocycles. The molecule has 42 valence electrons. The average molecular weight is 127 g/mol. The molecule has 0 N–H and O–H groups in total. The van der Waals surface area contributed by atoms with Crippen LogP contribution in [-0.2, 0) is 0 Å². The van der Waals surface area contributed by atoms with Crippen LogP contribution in [0.25, 0.3) is 0 Å². The van der Waals surface area contributed by atoms with Gasteiger partial charge in [-0.25, -0.2) is 0 Å². The predicted octanol–water partition coefficient (Wildman–Crippen LogP) is 1.78. The van der Waals surface area contributed by atoms with Crippen LogP contribution in [0.4, 0.5) is 0 Å². The van der Waals surface area contributed by atoms with Crippen LogP contribution < -0.4 is 0 Å². The minimum Gasteiger partial charge on any atom is -0.120 e. The van der Waals surface area contributed by atoms with Gasteiger partial charge in [0.15, 0.2) is 0 Å². The van der Waals surface area contributed by atoms with Crippen molar-refractivity contribution >= 4 is 11.6 Å². The van der Waals surface area contributed by atoms with Crippen LogP contribution in [0.2, 0.25) is 0 Å². The van der Waals surface area contributed by atoms with Crippen molar-refractivity contribution in [1.29, 1.82) is 0 Å². The van der Waals surface area contributed by atoms with Gasteiger partial charge in [-0.05, 0) is 19.3 Å². The van der Waals surface area contributed by atoms with E-state index in [1.165, 1.54) is 0 Å². The maximum Gasteiger partial charge on any atom is 0.0490 e. The first kappa shape index (κ1) is 4.70. The summed E-state index contributed by atoms with van der Waals surface area (Å²) in [5, 5.41) is 0. The Balaban J connectivity index is 2.17. The van der Waals surface area contributed by atoms with Crippen molar-refractivity contribution in [3.05, 3.63) is 0 Å². The third-order valence-electron chi connectivity index (χ3n) is 2.27. The molecule has 3 rings (SSSR count). The van der Waals surface area contributed by atoms with Crippen LogP contribution in [0, 0.1) is 17.8 Å². The highest BCUT2D eigenvalue weighted by Gasteiger charge is 2.66. The van der Waals surface area contributed by atoms with Gasteiger partial charge in [0.1, 0.15) is 0 Å². The molecule has 0 aromatic rings. The number of hydrogen-bond acceptors (Lipinski definition) is 0. The SMILES string of the molecule is C#CC12CC(Cl)(C1)C2. The van der Waals surface area contributed by atoms with Crippen LogP contribution in [0.3, 0.4) is 0 Å². The van der Waals surface area contributed by atoms with Crippen LogP contribution >= 0.6 is 11.6 Å². The van der Waals surface area contributed by atoms with E-state index in [1.807, 2.05) is 0 Å². The molecule has 1 heteroatoms. The molecule has 0 aromatic heterocycles. The first-order valence-electron chi connectivity index (χ1n) is 2.85. The molecule has 0 spiro atoms. The summed E-state index contributed by atoms with van der Waals surface area (Å²) in [6.45, 7) is 0. The summed E-state index contributed by atoms with van der Waals surface area (Å²) in [4.78, 5) is 0.159. The monoisotopic (exact) mass is 126 g/mol. The third-order valence-corrected chi connectivity index (χ3v) is 2.67. The van der Waals surface area contributed by atoms with Gasteiger partial charge in [-0.15, -0.1) is 18.0 Å². The fraction of sp³-hybridized carbons (Fsp3) is 0.714. The molecule has 0 nitrogen and oxygen atoms in total. The Morgan fingerprint density at radius 3 is 2.00 bits per heavy atom. The molecule has 8 heavy (non-hydrogen) atoms. The smallest absolute Gasteiger partial charge is 0.0490 e. The lowest BCUT2D eigenvalue weighted by Gasteiger charge is -2.64. The largest absolute Gasteiger partial charge is 0.120 e. The second-order valence-electron chi connectivity index (χ2n) is 3.11. The summed E-state index contributed by atoms with van der Waals surface area (Å²) < 4.78 is 0. The van der Waals surface area contributed by atoms with Gasteiger partial charge in [-0.3, -0.25) is 0 Å². The van der Waals surface area contributed by atoms with Crippen LogP contribution in [0.15, 0.2) is 0 Å². The lowest BCUT2D eigenvalue weighted by molar-refractivity contribution is -0.0222. The van der Waals surface area contributed by atoms with E-state index in [0.29, 0.717) is 0 Å². The molecule has 0 heterocycles. The van der Waals surface area contributed by atoms with Crippen LogP contribution in [0.5, 0.6) is 0 Å². The highest BCUT2D eigenvalue weighted by Crippen LogP contribution is 2.70. The molecule has 0 aliphatic heterocycles. The Labute approximate surface area is 54.2 Å². The summed E-state index contributed by atoms with van der Waals surface area (Å²) >= 11 is 5.94. The van der Waals surface area contributed by atoms with Crippen LogP contribution in [-0.4, -0.2) is 4.87 Å². The fourth-order valence-electron chi connectivity index (χ4n) is 1.82. The van der Waals surface area contributed by atoms with Crippen molar-refractivity contribution in [3.8, 4) is 12.3 Å². The zero-order chi connectivity index (χ0) is 5.83. The number of halogens is 1. The fourth-order valence-corrected chi connectivity index (χ4v) is 2.58. The third kappa shape index (κ3) is 0.317. The highest BCUT2D eigenvalue weighted by atomic mass is 35.5. The molecule has 2 bridgehead atoms. The van der Waals surface area contributed by atoms with Crippen molar-refractivity contribution < 1.29 is 0 Å². The van der Waals surface area contributed by atoms with Crippen LogP contribution in [0.1, 0.15) is 19.3 Å². The molecule has 0 atom stereocenters. The van der Waals surface area contributed by atoms with Gasteiger partial charge in [0.2, 0.25) is 0 Å². The molecule has 0 radical (unpaired) electrons. The molecule has 0 saturated heterocycles. The van der Waals surface area contributed by atoms with Gasteiger partial charge in [-0.1, -0.05) is 5.92 Å². The van der Waals surface area contributed by atoms with Gasteiger partial charge in [0.25, 0.3) is 0 Å². The molecular weight excluding hydrogens is 120 g/mol. The van der Waals surface area contributed by atoms with Gasteiger partial charge < -0.3 is 0 Å². The van der Waals surface area contributed by atoms with Crippen molar-refractivity contribution in [3.63, 3.8) is 0 Å². The first-order chi connectivity index (χ1) is 3.68. The van der Waals surface area contributed by atoms with E-state index in [4.69, 9.17) is 18.0 Å². The Kier molecular flexibility index (Phi) is 0.549. The quantitative estimate of drug-likeness (QED) is 0.343. The van der Waals surface area contributed by atoms with E-state index < -0.39 is 0 Å². The predicted molar refractivity (Wildman–Crippen MR) is 33.7 cm³/mol. The molecule has 0 amide bonds. The van der Waals surface area contributed by atoms with Crippen molar-refractivity contribution in [2.45, 2.75) is 24.1 Å². The summed E-state index contributed by atoms with van der Waals surface area (Å²) in [6.07, 6.45) is 8.46. The number of hydrogen-bond donors (Lipinski definition) is 0. The molecule has 3 fully saturated rings. The minimum absolute atomic E-state index is 0.159. The second kappa shape index (κ2) is 0.933. The lowest BCUT2D eigenvalue weighted by atomic mass is 9.44. The number of terminal acetylenes is 1. The Bertz CT molecular complexity index is 156. The van der Waals surface area contributed by atoms with Crippen molar-refractivity contribution in [2.24, 2.45) is 5.41 Å². The normalized spacial score (nSPS) is 58.0. The van der Waals surface area contributed by atoms with E-state index in [9.17, 15) is 0 Å². The second-order valence-corrected chi connectivity index (χ2v) is 3.91. The molecule has 3 aliphatic carbocycles.